The lowest BCUT2D eigenvalue weighted by atomic mass is 9.88. The Bertz CT molecular complexity index is 2610. The van der Waals surface area contributed by atoms with E-state index in [0.717, 1.165) is 0 Å². The van der Waals surface area contributed by atoms with Crippen LogP contribution in [0.4, 0.5) is 0 Å². The molecule has 2 nitrogen and oxygen atoms in total. The molecule has 0 bridgehead atoms. The van der Waals surface area contributed by atoms with Gasteiger partial charge in [-0.3, -0.25) is 4.57 Å². The highest BCUT2D eigenvalue weighted by Crippen LogP contribution is 2.44. The number of para-hydroxylation sites is 2. The van der Waals surface area contributed by atoms with E-state index in [-0.39, 0.29) is 32.8 Å². The minimum absolute atomic E-state index is 0.0238. The van der Waals surface area contributed by atoms with Gasteiger partial charge in [-0.15, -0.1) is 0 Å². The van der Waals surface area contributed by atoms with E-state index in [1.807, 2.05) is 6.92 Å². The summed E-state index contributed by atoms with van der Waals surface area (Å²) in [6, 6.07) is -3.19. The van der Waals surface area contributed by atoms with Crippen LogP contribution in [0.3, 0.4) is 0 Å². The van der Waals surface area contributed by atoms with Crippen LogP contribution in [0.5, 0.6) is 0 Å². The van der Waals surface area contributed by atoms with Gasteiger partial charge in [0.1, 0.15) is 5.82 Å². The van der Waals surface area contributed by atoms with Gasteiger partial charge in [0.05, 0.1) is 37.3 Å². The topological polar surface area (TPSA) is 17.8 Å². The second kappa shape index (κ2) is 7.82. The third kappa shape index (κ3) is 2.93. The Morgan fingerprint density at radius 2 is 1.29 bits per heavy atom. The second-order valence-electron chi connectivity index (χ2n) is 7.93. The van der Waals surface area contributed by atoms with Crippen LogP contribution in [0.15, 0.2) is 115 Å². The first-order chi connectivity index (χ1) is 23.6. The van der Waals surface area contributed by atoms with Gasteiger partial charge < -0.3 is 0 Å². The van der Waals surface area contributed by atoms with Crippen LogP contribution in [0.1, 0.15) is 33.3 Å². The molecule has 0 spiro atoms. The normalized spacial score (nSPS) is 17.7. The van der Waals surface area contributed by atoms with Crippen molar-refractivity contribution in [2.75, 3.05) is 0 Å². The first-order valence-electron chi connectivity index (χ1n) is 18.5. The maximum absolute atomic E-state index is 9.24. The first kappa shape index (κ1) is 10.1. The van der Waals surface area contributed by atoms with E-state index in [0.29, 0.717) is 23.3 Å². The Labute approximate surface area is 225 Å². The molecule has 6 aromatic carbocycles. The van der Waals surface area contributed by atoms with E-state index in [9.17, 15) is 5.48 Å². The molecule has 0 unspecified atom stereocenters. The Hall–Kier alpha value is -4.43. The molecule has 7 aromatic rings. The summed E-state index contributed by atoms with van der Waals surface area (Å²) >= 11 is 0. The fourth-order valence-corrected chi connectivity index (χ4v) is 4.64. The van der Waals surface area contributed by atoms with Crippen molar-refractivity contribution in [1.82, 2.24) is 9.55 Å². The molecular weight excluding hydrogens is 424 g/mol. The molecule has 0 saturated heterocycles. The van der Waals surface area contributed by atoms with Crippen molar-refractivity contribution in [3.05, 3.63) is 121 Å². The molecule has 0 fully saturated rings. The predicted molar refractivity (Wildman–Crippen MR) is 148 cm³/mol. The summed E-state index contributed by atoms with van der Waals surface area (Å²) in [6.45, 7) is 1.81. The summed E-state index contributed by atoms with van der Waals surface area (Å²) in [4.78, 5) is 4.72. The zero-order chi connectivity index (χ0) is 36.4. The van der Waals surface area contributed by atoms with Crippen molar-refractivity contribution in [2.45, 2.75) is 13.3 Å². The molecule has 0 aliphatic heterocycles. The zero-order valence-electron chi connectivity index (χ0n) is 33.4. The van der Waals surface area contributed by atoms with Crippen LogP contribution in [0.2, 0.25) is 0 Å². The van der Waals surface area contributed by atoms with Crippen LogP contribution in [0.25, 0.3) is 60.2 Å². The Morgan fingerprint density at radius 3 is 2.00 bits per heavy atom. The molecule has 1 aromatic heterocycles. The number of imidazole rings is 1. The van der Waals surface area contributed by atoms with E-state index < -0.39 is 107 Å². The van der Waals surface area contributed by atoms with E-state index in [2.05, 4.69) is 0 Å². The summed E-state index contributed by atoms with van der Waals surface area (Å²) in [5.74, 6) is 0.411. The monoisotopic (exact) mass is 463 g/mol. The SMILES string of the molecule is [2H]c1c([2H])c([2H])c2c(-c3c4c([2H])c([2H])c([2H])c([2H])c4c(-n4c(CC)nc5ccccc54)c4c([2H])c([2H])c([2H])c([2H])c34)c([2H])c([2H])c([2H])c2c1[2H]. The Morgan fingerprint density at radius 1 is 0.686 bits per heavy atom. The molecule has 7 rings (SSSR count). The predicted octanol–water partition coefficient (Wildman–Crippen LogP) is 8.71. The molecule has 0 saturated carbocycles. The lowest BCUT2D eigenvalue weighted by molar-refractivity contribution is 0.917. The summed E-state index contributed by atoms with van der Waals surface area (Å²) in [5.41, 5.74) is 0.179. The molecule has 0 radical (unpaired) electrons. The van der Waals surface area contributed by atoms with Crippen LogP contribution < -0.4 is 0 Å². The Balaban J connectivity index is 1.96. The number of benzene rings is 6. The zero-order valence-corrected chi connectivity index (χ0v) is 18.4. The van der Waals surface area contributed by atoms with Crippen molar-refractivity contribution >= 4 is 43.4 Å². The van der Waals surface area contributed by atoms with Crippen LogP contribution in [-0.2, 0) is 6.42 Å². The maximum Gasteiger partial charge on any atom is 0.114 e. The molecule has 0 aliphatic rings. The third-order valence-electron chi connectivity index (χ3n) is 6.08. The molecule has 166 valence electrons. The standard InChI is InChI=1S/C33H24N2/c1-2-31-34-29-20-9-10-21-30(29)35(31)33-27-17-7-5-15-25(27)32(26-16-6-8-18-28(26)33)24-19-11-13-22-12-3-4-14-23(22)24/h3-21H,2H2,1H3/i3D,4D,5D,6D,7D,8D,11D,12D,13D,14D,15D,16D,17D,18D,19D. The highest BCUT2D eigenvalue weighted by molar-refractivity contribution is 6.21. The number of aromatic nitrogens is 2. The summed E-state index contributed by atoms with van der Waals surface area (Å²) in [6.07, 6.45) is 0.307. The van der Waals surface area contributed by atoms with Crippen molar-refractivity contribution in [2.24, 2.45) is 0 Å². The van der Waals surface area contributed by atoms with Crippen LogP contribution in [-0.4, -0.2) is 9.55 Å². The van der Waals surface area contributed by atoms with Gasteiger partial charge in [0.15, 0.2) is 0 Å². The maximum atomic E-state index is 9.24. The largest absolute Gasteiger partial charge is 0.295 e. The van der Waals surface area contributed by atoms with Gasteiger partial charge in [0.2, 0.25) is 0 Å². The van der Waals surface area contributed by atoms with Gasteiger partial charge in [0, 0.05) is 17.2 Å². The molecule has 0 N–H and O–H groups in total. The lowest BCUT2D eigenvalue weighted by Crippen LogP contribution is -2.03. The molecule has 0 atom stereocenters. The summed E-state index contributed by atoms with van der Waals surface area (Å²) in [5, 5.41) is -1.83. The van der Waals surface area contributed by atoms with Gasteiger partial charge in [-0.25, -0.2) is 4.98 Å². The lowest BCUT2D eigenvalue weighted by Gasteiger charge is -2.20. The van der Waals surface area contributed by atoms with Gasteiger partial charge in [0.25, 0.3) is 0 Å². The van der Waals surface area contributed by atoms with Gasteiger partial charge in [-0.05, 0) is 44.8 Å². The van der Waals surface area contributed by atoms with Gasteiger partial charge >= 0.3 is 0 Å². The summed E-state index contributed by atoms with van der Waals surface area (Å²) < 4.78 is 134. The molecule has 1 heterocycles. The number of fused-ring (bicyclic) bond motifs is 4. The molecule has 2 heteroatoms. The molecule has 0 aliphatic carbocycles. The van der Waals surface area contributed by atoms with Gasteiger partial charge in [-0.2, -0.15) is 0 Å². The third-order valence-corrected chi connectivity index (χ3v) is 6.08. The number of rotatable bonds is 3. The average molecular weight is 464 g/mol. The fraction of sp³-hybridized carbons (Fsp3) is 0.0606. The molecule has 35 heavy (non-hydrogen) atoms. The van der Waals surface area contributed by atoms with Crippen LogP contribution in [0, 0.1) is 0 Å². The number of nitrogens with zero attached hydrogens (tertiary/aromatic N) is 2. The highest BCUT2D eigenvalue weighted by Gasteiger charge is 2.20. The average Bonchev–Trinajstić information content (AvgIpc) is 3.49. The van der Waals surface area contributed by atoms with Crippen molar-refractivity contribution in [1.29, 1.82) is 0 Å². The number of aryl methyl sites for hydroxylation is 1. The first-order valence-corrected chi connectivity index (χ1v) is 11.0. The van der Waals surface area contributed by atoms with E-state index >= 15 is 0 Å². The molecule has 0 amide bonds. The molecular formula is C33H24N2. The van der Waals surface area contributed by atoms with Gasteiger partial charge in [-0.1, -0.05) is 110 Å². The van der Waals surface area contributed by atoms with E-state index in [1.165, 1.54) is 0 Å². The van der Waals surface area contributed by atoms with Crippen molar-refractivity contribution in [3.8, 4) is 16.8 Å². The number of hydrogen-bond acceptors (Lipinski definition) is 1. The van der Waals surface area contributed by atoms with Crippen molar-refractivity contribution in [3.63, 3.8) is 0 Å². The smallest absolute Gasteiger partial charge is 0.114 e. The van der Waals surface area contributed by atoms with Crippen molar-refractivity contribution < 1.29 is 20.6 Å². The minimum Gasteiger partial charge on any atom is -0.295 e. The summed E-state index contributed by atoms with van der Waals surface area (Å²) in [7, 11) is 0. The quantitative estimate of drug-likeness (QED) is 0.240. The highest BCUT2D eigenvalue weighted by atomic mass is 15.1. The van der Waals surface area contributed by atoms with E-state index in [1.54, 1.807) is 28.8 Å². The fourth-order valence-electron chi connectivity index (χ4n) is 4.64. The van der Waals surface area contributed by atoms with Crippen LogP contribution >= 0.6 is 0 Å². The Kier molecular flexibility index (Phi) is 2.24. The second-order valence-corrected chi connectivity index (χ2v) is 7.93. The number of hydrogen-bond donors (Lipinski definition) is 0. The minimum atomic E-state index is -0.751. The van der Waals surface area contributed by atoms with E-state index in [4.69, 9.17) is 20.1 Å².